The van der Waals surface area contributed by atoms with Crippen LogP contribution in [0.4, 0.5) is 18.9 Å². The van der Waals surface area contributed by atoms with E-state index in [1.807, 2.05) is 27.7 Å². The minimum Gasteiger partial charge on any atom is -0.490 e. The van der Waals surface area contributed by atoms with Gasteiger partial charge in [0, 0.05) is 7.05 Å². The first-order chi connectivity index (χ1) is 16.5. The van der Waals surface area contributed by atoms with E-state index in [9.17, 15) is 13.2 Å². The Balaban J connectivity index is 0.000000970. The van der Waals surface area contributed by atoms with Crippen molar-refractivity contribution in [3.05, 3.63) is 35.7 Å². The van der Waals surface area contributed by atoms with E-state index in [-0.39, 0.29) is 16.8 Å². The van der Waals surface area contributed by atoms with E-state index in [0.717, 1.165) is 30.6 Å². The van der Waals surface area contributed by atoms with E-state index in [1.54, 1.807) is 13.1 Å². The molecule has 2 aromatic carbocycles. The Morgan fingerprint density at radius 3 is 1.91 bits per heavy atom. The van der Waals surface area contributed by atoms with Gasteiger partial charge in [-0.25, -0.2) is 8.78 Å². The van der Waals surface area contributed by atoms with Crippen molar-refractivity contribution in [2.75, 3.05) is 19.0 Å². The maximum atomic E-state index is 14.6. The number of fused-ring (bicyclic) bond motifs is 1. The number of halogens is 3. The Morgan fingerprint density at radius 1 is 0.794 bits per heavy atom. The molecule has 4 rings (SSSR count). The molecule has 192 valence electrons. The van der Waals surface area contributed by atoms with E-state index in [4.69, 9.17) is 4.74 Å². The first kappa shape index (κ1) is 28.3. The summed E-state index contributed by atoms with van der Waals surface area (Å²) < 4.78 is 49.2. The van der Waals surface area contributed by atoms with Crippen molar-refractivity contribution in [2.24, 2.45) is 23.7 Å². The number of nitrogens with one attached hydrogen (secondary N) is 1. The fourth-order valence-electron chi connectivity index (χ4n) is 5.45. The monoisotopic (exact) mass is 479 g/mol. The highest BCUT2D eigenvalue weighted by Crippen LogP contribution is 2.41. The second-order valence-electron chi connectivity index (χ2n) is 9.39. The van der Waals surface area contributed by atoms with Crippen molar-refractivity contribution in [3.63, 3.8) is 0 Å². The molecule has 1 N–H and O–H groups in total. The maximum Gasteiger partial charge on any atom is 0.201 e. The van der Waals surface area contributed by atoms with Crippen molar-refractivity contribution in [3.8, 4) is 5.75 Å². The zero-order chi connectivity index (χ0) is 25.3. The summed E-state index contributed by atoms with van der Waals surface area (Å²) in [6.07, 6.45) is 10.0. The third kappa shape index (κ3) is 6.60. The summed E-state index contributed by atoms with van der Waals surface area (Å²) >= 11 is 0. The summed E-state index contributed by atoms with van der Waals surface area (Å²) in [5.74, 6) is -0.285. The quantitative estimate of drug-likeness (QED) is 0.461. The molecular weight excluding hydrogens is 435 g/mol. The number of rotatable bonds is 5. The average molecular weight is 480 g/mol. The van der Waals surface area contributed by atoms with Crippen LogP contribution in [0.2, 0.25) is 0 Å². The topological polar surface area (TPSA) is 21.3 Å². The average Bonchev–Trinajstić information content (AvgIpc) is 2.88. The molecule has 2 saturated carbocycles. The molecule has 0 spiro atoms. The molecule has 2 aliphatic rings. The highest BCUT2D eigenvalue weighted by Gasteiger charge is 2.30. The van der Waals surface area contributed by atoms with Gasteiger partial charge in [0.25, 0.3) is 0 Å². The van der Waals surface area contributed by atoms with Gasteiger partial charge in [0.15, 0.2) is 17.4 Å². The number of ether oxygens (including phenoxy) is 1. The Hall–Kier alpha value is -1.91. The Morgan fingerprint density at radius 2 is 1.35 bits per heavy atom. The lowest BCUT2D eigenvalue weighted by Crippen LogP contribution is -2.27. The minimum atomic E-state index is -1.19. The second-order valence-corrected chi connectivity index (χ2v) is 9.39. The van der Waals surface area contributed by atoms with Crippen molar-refractivity contribution in [1.29, 1.82) is 0 Å². The van der Waals surface area contributed by atoms with Crippen LogP contribution < -0.4 is 10.1 Å². The molecule has 0 radical (unpaired) electrons. The molecule has 0 unspecified atom stereocenters. The molecule has 0 aliphatic heterocycles. The zero-order valence-electron chi connectivity index (χ0n) is 21.9. The van der Waals surface area contributed by atoms with Gasteiger partial charge in [0.1, 0.15) is 0 Å². The molecule has 0 saturated heterocycles. The summed E-state index contributed by atoms with van der Waals surface area (Å²) in [5.41, 5.74) is 0.138. The first-order valence-corrected chi connectivity index (χ1v) is 13.4. The van der Waals surface area contributed by atoms with Crippen molar-refractivity contribution < 1.29 is 17.9 Å². The van der Waals surface area contributed by atoms with Crippen LogP contribution in [0.1, 0.15) is 86.0 Å². The van der Waals surface area contributed by atoms with Crippen LogP contribution >= 0.6 is 0 Å². The van der Waals surface area contributed by atoms with Crippen LogP contribution in [0, 0.1) is 41.1 Å². The van der Waals surface area contributed by atoms with Gasteiger partial charge in [0.05, 0.1) is 17.7 Å². The number of hydrogen-bond acceptors (Lipinski definition) is 2. The van der Waals surface area contributed by atoms with Crippen molar-refractivity contribution >= 4 is 16.5 Å². The predicted octanol–water partition coefficient (Wildman–Crippen LogP) is 9.36. The van der Waals surface area contributed by atoms with E-state index in [0.29, 0.717) is 17.9 Å². The SMILES string of the molecule is CC.CC.CNc1ccc2cc(OCC3CCC(C4CCC(C)CC4)CC3)c(F)c(F)c2c1F. The van der Waals surface area contributed by atoms with Crippen LogP contribution in [0.3, 0.4) is 0 Å². The van der Waals surface area contributed by atoms with E-state index in [2.05, 4.69) is 12.2 Å². The number of hydrogen-bond donors (Lipinski definition) is 1. The normalized spacial score (nSPS) is 24.4. The second kappa shape index (κ2) is 13.8. The zero-order valence-corrected chi connectivity index (χ0v) is 21.9. The van der Waals surface area contributed by atoms with Gasteiger partial charge in [-0.3, -0.25) is 0 Å². The molecule has 2 fully saturated rings. The lowest BCUT2D eigenvalue weighted by atomic mass is 9.69. The summed E-state index contributed by atoms with van der Waals surface area (Å²) in [6.45, 7) is 10.7. The molecule has 0 bridgehead atoms. The molecule has 0 atom stereocenters. The van der Waals surface area contributed by atoms with Crippen LogP contribution in [0.5, 0.6) is 5.75 Å². The first-order valence-electron chi connectivity index (χ1n) is 13.4. The van der Waals surface area contributed by atoms with E-state index >= 15 is 0 Å². The predicted molar refractivity (Wildman–Crippen MR) is 138 cm³/mol. The van der Waals surface area contributed by atoms with E-state index in [1.165, 1.54) is 50.7 Å². The third-order valence-corrected chi connectivity index (χ3v) is 7.45. The Labute approximate surface area is 204 Å². The molecule has 2 aromatic rings. The van der Waals surface area contributed by atoms with Crippen LogP contribution in [-0.2, 0) is 0 Å². The third-order valence-electron chi connectivity index (χ3n) is 7.45. The molecule has 0 amide bonds. The number of benzene rings is 2. The molecular formula is C29H44F3NO. The largest absolute Gasteiger partial charge is 0.490 e. The summed E-state index contributed by atoms with van der Waals surface area (Å²) in [4.78, 5) is 0. The minimum absolute atomic E-state index is 0.125. The lowest BCUT2D eigenvalue weighted by molar-refractivity contribution is 0.124. The highest BCUT2D eigenvalue weighted by molar-refractivity contribution is 5.88. The summed E-state index contributed by atoms with van der Waals surface area (Å²) in [6, 6.07) is 4.51. The molecule has 2 nitrogen and oxygen atoms in total. The fraction of sp³-hybridized carbons (Fsp3) is 0.655. The lowest BCUT2D eigenvalue weighted by Gasteiger charge is -2.37. The van der Waals surface area contributed by atoms with Gasteiger partial charge in [-0.05, 0) is 79.7 Å². The Kier molecular flexibility index (Phi) is 11.5. The standard InChI is InChI=1S/C25H32F3NO.2C2H6/c1-15-3-7-17(8-4-15)18-9-5-16(6-10-18)14-30-21-13-19-11-12-20(29-2)23(26)22(19)25(28)24(21)27;2*1-2/h11-13,15-18,29H,3-10,14H2,1-2H3;2*1-2H3. The van der Waals surface area contributed by atoms with Crippen LogP contribution in [0.25, 0.3) is 10.8 Å². The van der Waals surface area contributed by atoms with Gasteiger partial charge >= 0.3 is 0 Å². The fourth-order valence-corrected chi connectivity index (χ4v) is 5.45. The smallest absolute Gasteiger partial charge is 0.201 e. The van der Waals surface area contributed by atoms with Crippen molar-refractivity contribution in [2.45, 2.75) is 86.0 Å². The molecule has 5 heteroatoms. The molecule has 0 aromatic heterocycles. The van der Waals surface area contributed by atoms with Gasteiger partial charge < -0.3 is 10.1 Å². The summed E-state index contributed by atoms with van der Waals surface area (Å²) in [7, 11) is 1.54. The Bertz CT molecular complexity index is 885. The van der Waals surface area contributed by atoms with Crippen LogP contribution in [-0.4, -0.2) is 13.7 Å². The van der Waals surface area contributed by atoms with Gasteiger partial charge in [-0.2, -0.15) is 4.39 Å². The molecule has 34 heavy (non-hydrogen) atoms. The van der Waals surface area contributed by atoms with Crippen LogP contribution in [0.15, 0.2) is 18.2 Å². The van der Waals surface area contributed by atoms with E-state index < -0.39 is 17.5 Å². The van der Waals surface area contributed by atoms with Gasteiger partial charge in [-0.15, -0.1) is 0 Å². The van der Waals surface area contributed by atoms with Gasteiger partial charge in [0.2, 0.25) is 5.82 Å². The highest BCUT2D eigenvalue weighted by atomic mass is 19.2. The molecule has 0 heterocycles. The number of anilines is 1. The van der Waals surface area contributed by atoms with Gasteiger partial charge in [-0.1, -0.05) is 53.5 Å². The van der Waals surface area contributed by atoms with Crippen molar-refractivity contribution in [1.82, 2.24) is 0 Å². The molecule has 2 aliphatic carbocycles. The summed E-state index contributed by atoms with van der Waals surface area (Å²) in [5, 5.41) is 2.61. The maximum absolute atomic E-state index is 14.6.